The summed E-state index contributed by atoms with van der Waals surface area (Å²) < 4.78 is 1.96. The topological polar surface area (TPSA) is 113 Å². The molecule has 0 spiro atoms. The van der Waals surface area contributed by atoms with Crippen LogP contribution in [0.2, 0.25) is 0 Å². The molecule has 3 heterocycles. The van der Waals surface area contributed by atoms with Crippen molar-refractivity contribution in [1.29, 1.82) is 0 Å². The Morgan fingerprint density at radius 1 is 1.00 bits per heavy atom. The number of benzene rings is 1. The van der Waals surface area contributed by atoms with Gasteiger partial charge in [-0.25, -0.2) is 9.97 Å². The molecule has 1 aromatic carbocycles. The van der Waals surface area contributed by atoms with Crippen LogP contribution in [0.25, 0.3) is 11.4 Å². The molecule has 138 valence electrons. The summed E-state index contributed by atoms with van der Waals surface area (Å²) >= 11 is 1.20. The Morgan fingerprint density at radius 2 is 1.71 bits per heavy atom. The zero-order valence-corrected chi connectivity index (χ0v) is 15.2. The molecule has 9 nitrogen and oxygen atoms in total. The van der Waals surface area contributed by atoms with Crippen LogP contribution in [0.1, 0.15) is 5.56 Å². The number of aromatic nitrogens is 6. The molecule has 28 heavy (non-hydrogen) atoms. The van der Waals surface area contributed by atoms with Gasteiger partial charge in [0, 0.05) is 18.0 Å². The minimum Gasteiger partial charge on any atom is -0.297 e. The monoisotopic (exact) mass is 391 g/mol. The summed E-state index contributed by atoms with van der Waals surface area (Å²) in [6.07, 6.45) is 5.75. The summed E-state index contributed by atoms with van der Waals surface area (Å²) in [5.41, 5.74) is 1.81. The highest BCUT2D eigenvalue weighted by Gasteiger charge is 2.17. The van der Waals surface area contributed by atoms with E-state index >= 15 is 0 Å². The zero-order chi connectivity index (χ0) is 19.3. The van der Waals surface area contributed by atoms with Gasteiger partial charge in [0.2, 0.25) is 0 Å². The van der Waals surface area contributed by atoms with Gasteiger partial charge in [0.05, 0.1) is 11.5 Å². The molecule has 0 atom stereocenters. The third-order valence-electron chi connectivity index (χ3n) is 3.85. The van der Waals surface area contributed by atoms with E-state index in [1.54, 1.807) is 12.4 Å². The van der Waals surface area contributed by atoms with E-state index in [2.05, 4.69) is 25.1 Å². The molecule has 0 amide bonds. The van der Waals surface area contributed by atoms with Crippen LogP contribution in [0.3, 0.4) is 0 Å². The van der Waals surface area contributed by atoms with Crippen LogP contribution in [-0.4, -0.2) is 34.6 Å². The largest absolute Gasteiger partial charge is 0.305 e. The number of hydrogen-bond acceptors (Lipinski definition) is 8. The normalized spacial score (nSPS) is 10.7. The highest BCUT2D eigenvalue weighted by Crippen LogP contribution is 2.28. The van der Waals surface area contributed by atoms with Crippen molar-refractivity contribution in [1.82, 2.24) is 29.7 Å². The second-order valence-electron chi connectivity index (χ2n) is 5.70. The molecule has 3 aromatic heterocycles. The molecule has 0 saturated heterocycles. The molecule has 0 bridgehead atoms. The van der Waals surface area contributed by atoms with Crippen LogP contribution >= 0.6 is 11.8 Å². The predicted octanol–water partition coefficient (Wildman–Crippen LogP) is 3.24. The van der Waals surface area contributed by atoms with Crippen LogP contribution in [0.15, 0.2) is 77.6 Å². The van der Waals surface area contributed by atoms with E-state index in [0.29, 0.717) is 22.7 Å². The van der Waals surface area contributed by atoms with Gasteiger partial charge in [-0.1, -0.05) is 30.3 Å². The van der Waals surface area contributed by atoms with Crippen molar-refractivity contribution in [3.8, 4) is 11.4 Å². The highest BCUT2D eigenvalue weighted by molar-refractivity contribution is 7.99. The molecule has 0 N–H and O–H groups in total. The van der Waals surface area contributed by atoms with E-state index in [-0.39, 0.29) is 5.69 Å². The molecule has 0 fully saturated rings. The third-order valence-corrected chi connectivity index (χ3v) is 4.72. The Morgan fingerprint density at radius 3 is 2.39 bits per heavy atom. The van der Waals surface area contributed by atoms with Crippen LogP contribution < -0.4 is 0 Å². The van der Waals surface area contributed by atoms with Gasteiger partial charge >= 0.3 is 5.69 Å². The Balaban J connectivity index is 1.70. The van der Waals surface area contributed by atoms with E-state index in [0.717, 1.165) is 11.1 Å². The first-order valence-corrected chi connectivity index (χ1v) is 9.04. The van der Waals surface area contributed by atoms with Gasteiger partial charge < -0.3 is 0 Å². The predicted molar refractivity (Wildman–Crippen MR) is 102 cm³/mol. The fraction of sp³-hybridized carbons (Fsp3) is 0.0556. The van der Waals surface area contributed by atoms with Crippen LogP contribution in [0.4, 0.5) is 5.69 Å². The molecule has 10 heteroatoms. The SMILES string of the molecule is O=[N+]([O-])c1cnc(Sc2nnc(-c3ccncc3)n2Cc2ccccc2)nc1. The Labute approximate surface area is 163 Å². The Bertz CT molecular complexity index is 1090. The van der Waals surface area contributed by atoms with Crippen LogP contribution in [-0.2, 0) is 6.54 Å². The minimum atomic E-state index is -0.534. The fourth-order valence-electron chi connectivity index (χ4n) is 2.53. The maximum absolute atomic E-state index is 10.8. The lowest BCUT2D eigenvalue weighted by atomic mass is 10.2. The van der Waals surface area contributed by atoms with Crippen molar-refractivity contribution in [2.24, 2.45) is 0 Å². The van der Waals surface area contributed by atoms with Crippen molar-refractivity contribution in [3.63, 3.8) is 0 Å². The standard InChI is InChI=1S/C18H13N7O2S/c26-25(27)15-10-20-17(21-11-15)28-18-23-22-16(14-6-8-19-9-7-14)24(18)12-13-4-2-1-3-5-13/h1-11H,12H2. The molecule has 0 aliphatic heterocycles. The van der Waals surface area contributed by atoms with E-state index < -0.39 is 4.92 Å². The molecular weight excluding hydrogens is 378 g/mol. The van der Waals surface area contributed by atoms with E-state index in [1.165, 1.54) is 24.2 Å². The lowest BCUT2D eigenvalue weighted by Crippen LogP contribution is -2.04. The molecule has 0 aliphatic rings. The van der Waals surface area contributed by atoms with Gasteiger partial charge in [-0.15, -0.1) is 10.2 Å². The highest BCUT2D eigenvalue weighted by atomic mass is 32.2. The van der Waals surface area contributed by atoms with Gasteiger partial charge in [-0.3, -0.25) is 19.7 Å². The lowest BCUT2D eigenvalue weighted by molar-refractivity contribution is -0.385. The first-order valence-electron chi connectivity index (χ1n) is 8.22. The fourth-order valence-corrected chi connectivity index (χ4v) is 3.24. The number of nitro groups is 1. The lowest BCUT2D eigenvalue weighted by Gasteiger charge is -2.10. The molecule has 0 radical (unpaired) electrons. The minimum absolute atomic E-state index is 0.160. The van der Waals surface area contributed by atoms with Gasteiger partial charge in [0.25, 0.3) is 0 Å². The van der Waals surface area contributed by atoms with Crippen LogP contribution in [0, 0.1) is 10.1 Å². The zero-order valence-electron chi connectivity index (χ0n) is 14.4. The molecular formula is C18H13N7O2S. The average Bonchev–Trinajstić information content (AvgIpc) is 3.12. The first-order chi connectivity index (χ1) is 13.7. The second-order valence-corrected chi connectivity index (χ2v) is 6.63. The first kappa shape index (κ1) is 17.7. The molecule has 0 aliphatic carbocycles. The van der Waals surface area contributed by atoms with Gasteiger partial charge in [0.1, 0.15) is 12.4 Å². The van der Waals surface area contributed by atoms with Gasteiger partial charge in [0.15, 0.2) is 16.1 Å². The van der Waals surface area contributed by atoms with Gasteiger partial charge in [-0.05, 0) is 29.5 Å². The number of pyridine rings is 1. The second kappa shape index (κ2) is 7.92. The number of hydrogen-bond donors (Lipinski definition) is 0. The third kappa shape index (κ3) is 3.86. The Kier molecular flexibility index (Phi) is 5.02. The summed E-state index contributed by atoms with van der Waals surface area (Å²) in [7, 11) is 0. The van der Waals surface area contributed by atoms with E-state index in [9.17, 15) is 10.1 Å². The summed E-state index contributed by atoms with van der Waals surface area (Å²) in [6.45, 7) is 0.556. The molecule has 4 rings (SSSR count). The van der Waals surface area contributed by atoms with Gasteiger partial charge in [-0.2, -0.15) is 0 Å². The van der Waals surface area contributed by atoms with Crippen molar-refractivity contribution in [2.75, 3.05) is 0 Å². The number of nitrogens with zero attached hydrogens (tertiary/aromatic N) is 7. The summed E-state index contributed by atoms with van der Waals surface area (Å²) in [5.74, 6) is 0.690. The summed E-state index contributed by atoms with van der Waals surface area (Å²) in [5, 5.41) is 20.3. The molecule has 4 aromatic rings. The van der Waals surface area contributed by atoms with E-state index in [1.807, 2.05) is 47.0 Å². The Hall–Kier alpha value is -3.66. The number of rotatable bonds is 6. The average molecular weight is 391 g/mol. The smallest absolute Gasteiger partial charge is 0.297 e. The summed E-state index contributed by atoms with van der Waals surface area (Å²) in [4.78, 5) is 22.4. The van der Waals surface area contributed by atoms with Crippen molar-refractivity contribution in [2.45, 2.75) is 16.9 Å². The maximum Gasteiger partial charge on any atom is 0.305 e. The summed E-state index contributed by atoms with van der Waals surface area (Å²) in [6, 6.07) is 13.7. The maximum atomic E-state index is 10.8. The van der Waals surface area contributed by atoms with Crippen molar-refractivity contribution >= 4 is 17.4 Å². The van der Waals surface area contributed by atoms with Crippen LogP contribution in [0.5, 0.6) is 0 Å². The van der Waals surface area contributed by atoms with E-state index in [4.69, 9.17) is 0 Å². The van der Waals surface area contributed by atoms with Crippen molar-refractivity contribution < 1.29 is 4.92 Å². The quantitative estimate of drug-likeness (QED) is 0.280. The molecule has 0 unspecified atom stereocenters. The molecule has 0 saturated carbocycles. The van der Waals surface area contributed by atoms with Crippen molar-refractivity contribution in [3.05, 3.63) is 82.9 Å².